The molecule has 1 aliphatic rings. The topological polar surface area (TPSA) is 308 Å². The summed E-state index contributed by atoms with van der Waals surface area (Å²) in [6.45, 7) is 3.65. The van der Waals surface area contributed by atoms with Gasteiger partial charge in [-0.2, -0.15) is 0 Å². The van der Waals surface area contributed by atoms with Crippen LogP contribution in [0.4, 0.5) is 0 Å². The van der Waals surface area contributed by atoms with Gasteiger partial charge in [0.1, 0.15) is 30.2 Å². The normalized spacial score (nSPS) is 21.3. The van der Waals surface area contributed by atoms with Gasteiger partial charge in [0, 0.05) is 13.1 Å². The zero-order chi connectivity index (χ0) is 38.6. The van der Waals surface area contributed by atoms with Crippen LogP contribution < -0.4 is 54.8 Å². The van der Waals surface area contributed by atoms with Gasteiger partial charge in [-0.3, -0.25) is 38.6 Å². The average molecular weight is 730 g/mol. The first-order valence-electron chi connectivity index (χ1n) is 17.6. The van der Waals surface area contributed by atoms with Crippen LogP contribution in [-0.4, -0.2) is 97.2 Å². The predicted molar refractivity (Wildman–Crippen MR) is 194 cm³/mol. The van der Waals surface area contributed by atoms with Crippen LogP contribution in [0.25, 0.3) is 0 Å². The number of carbonyl (C=O) groups is 7. The Morgan fingerprint density at radius 3 is 2.23 bits per heavy atom. The Kier molecular flexibility index (Phi) is 18.6. The van der Waals surface area contributed by atoms with E-state index in [9.17, 15) is 33.6 Å². The first kappa shape index (κ1) is 42.9. The molecule has 18 heteroatoms. The molecule has 1 aromatic rings. The first-order chi connectivity index (χ1) is 24.7. The van der Waals surface area contributed by atoms with E-state index in [1.807, 2.05) is 44.2 Å². The van der Waals surface area contributed by atoms with Gasteiger partial charge < -0.3 is 54.8 Å². The van der Waals surface area contributed by atoms with Gasteiger partial charge in [-0.05, 0) is 62.8 Å². The number of nitrogens with zero attached hydrogens (tertiary/aromatic N) is 1. The Morgan fingerprint density at radius 2 is 1.60 bits per heavy atom. The molecule has 7 amide bonds. The van der Waals surface area contributed by atoms with Crippen molar-refractivity contribution in [2.45, 2.75) is 102 Å². The molecule has 1 aromatic carbocycles. The molecule has 1 fully saturated rings. The molecule has 0 spiro atoms. The summed E-state index contributed by atoms with van der Waals surface area (Å²) >= 11 is 0. The van der Waals surface area contributed by atoms with Crippen LogP contribution >= 0.6 is 0 Å². The number of carbonyl (C=O) groups excluding carboxylic acids is 7. The summed E-state index contributed by atoms with van der Waals surface area (Å²) in [6.07, 6.45) is 1.56. The number of amides is 7. The maximum Gasteiger partial charge on any atom is 0.243 e. The zero-order valence-electron chi connectivity index (χ0n) is 30.0. The number of guanidine groups is 1. The third-order valence-electron chi connectivity index (χ3n) is 8.24. The third-order valence-corrected chi connectivity index (χ3v) is 8.24. The number of hydrogen-bond donors (Lipinski definition) is 10. The van der Waals surface area contributed by atoms with Crippen molar-refractivity contribution in [1.82, 2.24) is 31.9 Å². The molecule has 0 aliphatic carbocycles. The molecule has 2 rings (SSSR count). The maximum atomic E-state index is 13.9. The van der Waals surface area contributed by atoms with Crippen LogP contribution in [0.15, 0.2) is 35.3 Å². The molecule has 14 N–H and O–H groups in total. The molecule has 1 heterocycles. The summed E-state index contributed by atoms with van der Waals surface area (Å²) in [6, 6.07) is 3.50. The molecule has 1 aliphatic heterocycles. The molecule has 288 valence electrons. The molecule has 0 bridgehead atoms. The molecular formula is C34H55N11O7. The van der Waals surface area contributed by atoms with Crippen LogP contribution in [0, 0.1) is 5.92 Å². The fourth-order valence-electron chi connectivity index (χ4n) is 5.49. The van der Waals surface area contributed by atoms with Gasteiger partial charge in [0.05, 0.1) is 13.0 Å². The molecule has 1 saturated heterocycles. The Bertz CT molecular complexity index is 1400. The Labute approximate surface area is 303 Å². The average Bonchev–Trinajstić information content (AvgIpc) is 3.09. The Balaban J connectivity index is 2.40. The van der Waals surface area contributed by atoms with E-state index in [1.54, 1.807) is 0 Å². The first-order valence-corrected chi connectivity index (χ1v) is 17.6. The van der Waals surface area contributed by atoms with Crippen molar-refractivity contribution in [2.24, 2.45) is 33.8 Å². The molecule has 5 atom stereocenters. The number of benzene rings is 1. The second-order valence-corrected chi connectivity index (χ2v) is 13.1. The van der Waals surface area contributed by atoms with Crippen LogP contribution in [0.5, 0.6) is 0 Å². The van der Waals surface area contributed by atoms with Gasteiger partial charge in [-0.15, -0.1) is 0 Å². The lowest BCUT2D eigenvalue weighted by Crippen LogP contribution is -2.59. The maximum absolute atomic E-state index is 13.9. The highest BCUT2D eigenvalue weighted by Gasteiger charge is 2.33. The van der Waals surface area contributed by atoms with Crippen LogP contribution in [-0.2, 0) is 40.0 Å². The highest BCUT2D eigenvalue weighted by molar-refractivity contribution is 5.97. The summed E-state index contributed by atoms with van der Waals surface area (Å²) in [5, 5.41) is 15.9. The molecule has 52 heavy (non-hydrogen) atoms. The van der Waals surface area contributed by atoms with Gasteiger partial charge in [-0.1, -0.05) is 44.2 Å². The van der Waals surface area contributed by atoms with Gasteiger partial charge in [0.25, 0.3) is 0 Å². The van der Waals surface area contributed by atoms with Crippen molar-refractivity contribution >= 4 is 47.3 Å². The minimum Gasteiger partial charge on any atom is -0.370 e. The summed E-state index contributed by atoms with van der Waals surface area (Å²) in [4.78, 5) is 95.7. The SMILES string of the molecule is CC(C)C[C@@H]1NC(=O)[C@@H](NC(=O)[C@@H](CCc2ccccc2)NC(=O)CN)CCCCNC(=O)C[C@@H](C(N)=O)NC(=O)[C@H](CCCN=C(N)N)NC1=O. The van der Waals surface area contributed by atoms with Crippen LogP contribution in [0.1, 0.15) is 70.8 Å². The monoisotopic (exact) mass is 729 g/mol. The quantitative estimate of drug-likeness (QED) is 0.0536. The highest BCUT2D eigenvalue weighted by atomic mass is 16.2. The lowest BCUT2D eigenvalue weighted by atomic mass is 10.00. The third kappa shape index (κ3) is 16.2. The van der Waals surface area contributed by atoms with E-state index in [4.69, 9.17) is 22.9 Å². The van der Waals surface area contributed by atoms with Crippen molar-refractivity contribution in [3.05, 3.63) is 35.9 Å². The van der Waals surface area contributed by atoms with Crippen molar-refractivity contribution in [3.63, 3.8) is 0 Å². The lowest BCUT2D eigenvalue weighted by molar-refractivity contribution is -0.135. The van der Waals surface area contributed by atoms with E-state index in [0.29, 0.717) is 19.3 Å². The van der Waals surface area contributed by atoms with E-state index in [0.717, 1.165) is 5.56 Å². The van der Waals surface area contributed by atoms with E-state index >= 15 is 0 Å². The molecule has 0 radical (unpaired) electrons. The lowest BCUT2D eigenvalue weighted by Gasteiger charge is -2.27. The minimum atomic E-state index is -1.36. The highest BCUT2D eigenvalue weighted by Crippen LogP contribution is 2.11. The molecule has 0 aromatic heterocycles. The number of nitrogens with one attached hydrogen (secondary N) is 6. The van der Waals surface area contributed by atoms with Crippen molar-refractivity contribution in [3.8, 4) is 0 Å². The van der Waals surface area contributed by atoms with E-state index in [1.165, 1.54) is 0 Å². The second kappa shape index (κ2) is 22.5. The number of aliphatic imine (C=N–C) groups is 1. The van der Waals surface area contributed by atoms with Gasteiger partial charge in [-0.25, -0.2) is 0 Å². The number of primary amides is 1. The number of hydrogen-bond acceptors (Lipinski definition) is 9. The smallest absolute Gasteiger partial charge is 0.243 e. The van der Waals surface area contributed by atoms with Crippen molar-refractivity contribution in [1.29, 1.82) is 0 Å². The van der Waals surface area contributed by atoms with Gasteiger partial charge >= 0.3 is 0 Å². The van der Waals surface area contributed by atoms with E-state index in [2.05, 4.69) is 36.9 Å². The molecule has 0 unspecified atom stereocenters. The fourth-order valence-corrected chi connectivity index (χ4v) is 5.49. The summed E-state index contributed by atoms with van der Waals surface area (Å²) in [7, 11) is 0. The summed E-state index contributed by atoms with van der Waals surface area (Å²) in [5.41, 5.74) is 22.8. The van der Waals surface area contributed by atoms with Crippen LogP contribution in [0.2, 0.25) is 0 Å². The largest absolute Gasteiger partial charge is 0.370 e. The second-order valence-electron chi connectivity index (χ2n) is 13.1. The van der Waals surface area contributed by atoms with E-state index < -0.39 is 78.0 Å². The van der Waals surface area contributed by atoms with Crippen LogP contribution in [0.3, 0.4) is 0 Å². The minimum absolute atomic E-state index is 0.0337. The number of rotatable bonds is 14. The fraction of sp³-hybridized carbons (Fsp3) is 0.588. The van der Waals surface area contributed by atoms with E-state index in [-0.39, 0.29) is 63.6 Å². The van der Waals surface area contributed by atoms with Crippen molar-refractivity contribution < 1.29 is 33.6 Å². The number of aryl methyl sites for hydroxylation is 1. The molecule has 0 saturated carbocycles. The molecule has 18 nitrogen and oxygen atoms in total. The Morgan fingerprint density at radius 1 is 0.923 bits per heavy atom. The summed E-state index contributed by atoms with van der Waals surface area (Å²) < 4.78 is 0. The number of nitrogens with two attached hydrogens (primary N) is 4. The zero-order valence-corrected chi connectivity index (χ0v) is 30.0. The van der Waals surface area contributed by atoms with Crippen molar-refractivity contribution in [2.75, 3.05) is 19.6 Å². The van der Waals surface area contributed by atoms with Gasteiger partial charge in [0.15, 0.2) is 5.96 Å². The Hall–Kier alpha value is -5.26. The predicted octanol–water partition coefficient (Wildman–Crippen LogP) is -2.72. The standard InChI is InChI=1S/C34H55N11O7/c1-20(2)17-26-33(52)43-23(12-8-16-40-34(37)38)30(49)44-25(29(36)48)18-27(46)39-15-7-6-11-22(31(50)45-26)42-32(51)24(41-28(47)19-35)14-13-21-9-4-3-5-10-21/h3-5,9-10,20,22-26H,6-8,11-19,35H2,1-2H3,(H2,36,48)(H,39,46)(H,41,47)(H,42,51)(H,43,52)(H,44,49)(H,45,50)(H4,37,38,40)/t22-,23-,24+,25-,26-/m0/s1. The van der Waals surface area contributed by atoms with Gasteiger partial charge in [0.2, 0.25) is 41.4 Å². The molecular weight excluding hydrogens is 674 g/mol. The summed E-state index contributed by atoms with van der Waals surface area (Å²) in [5.74, 6) is -5.04.